The Morgan fingerprint density at radius 3 is 2.71 bits per heavy atom. The number of aryl methyl sites for hydroxylation is 1. The van der Waals surface area contributed by atoms with Crippen LogP contribution in [0, 0.1) is 0 Å². The molecule has 0 radical (unpaired) electrons. The number of hydrogen-bond acceptors (Lipinski definition) is 3. The molecule has 1 aromatic carbocycles. The average molecular weight is 287 g/mol. The van der Waals surface area contributed by atoms with Crippen molar-refractivity contribution in [2.75, 3.05) is 31.1 Å². The van der Waals surface area contributed by atoms with Crippen molar-refractivity contribution in [3.8, 4) is 0 Å². The molecule has 0 aromatic heterocycles. The molecule has 0 bridgehead atoms. The number of carbonyl (C=O) groups is 1. The summed E-state index contributed by atoms with van der Waals surface area (Å²) >= 11 is 0. The smallest absolute Gasteiger partial charge is 0.242 e. The van der Waals surface area contributed by atoms with E-state index in [0.717, 1.165) is 45.3 Å². The van der Waals surface area contributed by atoms with Crippen molar-refractivity contribution >= 4 is 11.6 Å². The van der Waals surface area contributed by atoms with Crippen molar-refractivity contribution in [1.29, 1.82) is 0 Å². The summed E-state index contributed by atoms with van der Waals surface area (Å²) in [6.07, 6.45) is 4.51. The topological polar surface area (TPSA) is 49.6 Å². The lowest BCUT2D eigenvalue weighted by atomic mass is 9.97. The van der Waals surface area contributed by atoms with Gasteiger partial charge in [-0.15, -0.1) is 0 Å². The van der Waals surface area contributed by atoms with E-state index >= 15 is 0 Å². The molecule has 1 atom stereocenters. The molecule has 2 aliphatic heterocycles. The Morgan fingerprint density at radius 1 is 1.24 bits per heavy atom. The largest absolute Gasteiger partial charge is 0.362 e. The van der Waals surface area contributed by atoms with E-state index in [1.165, 1.54) is 16.8 Å². The lowest BCUT2D eigenvalue weighted by molar-refractivity contribution is -0.128. The molecule has 4 heteroatoms. The first-order chi connectivity index (χ1) is 10.1. The zero-order chi connectivity index (χ0) is 14.8. The maximum Gasteiger partial charge on any atom is 0.242 e. The minimum absolute atomic E-state index is 0.0666. The van der Waals surface area contributed by atoms with Crippen LogP contribution in [0.15, 0.2) is 18.2 Å². The fraction of sp³-hybridized carbons (Fsp3) is 0.588. The monoisotopic (exact) mass is 287 g/mol. The number of amides is 1. The molecular formula is C17H25N3O. The fourth-order valence-corrected chi connectivity index (χ4v) is 3.37. The average Bonchev–Trinajstić information content (AvgIpc) is 3.01. The molecule has 1 fully saturated rings. The van der Waals surface area contributed by atoms with Crippen LogP contribution in [-0.4, -0.2) is 37.0 Å². The molecule has 0 spiro atoms. The number of benzene rings is 1. The Bertz CT molecular complexity index is 521. The summed E-state index contributed by atoms with van der Waals surface area (Å²) in [6, 6.07) is 6.52. The molecule has 1 saturated heterocycles. The third kappa shape index (κ3) is 3.05. The Balaban J connectivity index is 1.75. The lowest BCUT2D eigenvalue weighted by Gasteiger charge is -2.32. The Morgan fingerprint density at radius 2 is 2.00 bits per heavy atom. The molecule has 0 aliphatic carbocycles. The van der Waals surface area contributed by atoms with Gasteiger partial charge in [-0.05, 0) is 49.8 Å². The quantitative estimate of drug-likeness (QED) is 0.926. The highest BCUT2D eigenvalue weighted by atomic mass is 16.2. The maximum atomic E-state index is 12.4. The van der Waals surface area contributed by atoms with Gasteiger partial charge in [-0.2, -0.15) is 0 Å². The summed E-state index contributed by atoms with van der Waals surface area (Å²) < 4.78 is 0. The summed E-state index contributed by atoms with van der Waals surface area (Å²) in [4.78, 5) is 16.6. The van der Waals surface area contributed by atoms with E-state index in [0.29, 0.717) is 6.54 Å². The molecule has 21 heavy (non-hydrogen) atoms. The van der Waals surface area contributed by atoms with Gasteiger partial charge in [-0.1, -0.05) is 12.1 Å². The van der Waals surface area contributed by atoms with Crippen molar-refractivity contribution in [2.24, 2.45) is 5.73 Å². The van der Waals surface area contributed by atoms with Crippen LogP contribution in [0.2, 0.25) is 0 Å². The highest BCUT2D eigenvalue weighted by Gasteiger charge is 2.24. The molecule has 4 nitrogen and oxygen atoms in total. The molecule has 2 aliphatic rings. The van der Waals surface area contributed by atoms with E-state index in [1.807, 2.05) is 11.8 Å². The number of rotatable bonds is 3. The van der Waals surface area contributed by atoms with Gasteiger partial charge in [0.1, 0.15) is 0 Å². The van der Waals surface area contributed by atoms with Crippen LogP contribution in [-0.2, 0) is 11.2 Å². The third-order valence-electron chi connectivity index (χ3n) is 4.63. The van der Waals surface area contributed by atoms with E-state index in [4.69, 9.17) is 5.73 Å². The molecule has 1 aromatic rings. The summed E-state index contributed by atoms with van der Waals surface area (Å²) in [5.74, 6) is 0.275. The van der Waals surface area contributed by atoms with E-state index in [9.17, 15) is 4.79 Å². The molecule has 1 amide bonds. The molecular weight excluding hydrogens is 262 g/mol. The summed E-state index contributed by atoms with van der Waals surface area (Å²) in [6.45, 7) is 5.38. The Labute approximate surface area is 126 Å². The molecule has 114 valence electrons. The van der Waals surface area contributed by atoms with Crippen molar-refractivity contribution in [2.45, 2.75) is 38.6 Å². The van der Waals surface area contributed by atoms with Gasteiger partial charge in [0.05, 0.1) is 6.54 Å². The van der Waals surface area contributed by atoms with Crippen LogP contribution in [0.25, 0.3) is 0 Å². The lowest BCUT2D eigenvalue weighted by Crippen LogP contribution is -2.41. The summed E-state index contributed by atoms with van der Waals surface area (Å²) in [7, 11) is 0. The normalized spacial score (nSPS) is 19.5. The second-order valence-corrected chi connectivity index (χ2v) is 6.29. The van der Waals surface area contributed by atoms with Gasteiger partial charge < -0.3 is 15.5 Å². The molecule has 2 heterocycles. The van der Waals surface area contributed by atoms with Crippen LogP contribution >= 0.6 is 0 Å². The van der Waals surface area contributed by atoms with E-state index in [2.05, 4.69) is 23.1 Å². The first-order valence-corrected chi connectivity index (χ1v) is 8.06. The number of fused-ring (bicyclic) bond motifs is 1. The highest BCUT2D eigenvalue weighted by Crippen LogP contribution is 2.29. The molecule has 3 rings (SSSR count). The van der Waals surface area contributed by atoms with Crippen molar-refractivity contribution in [1.82, 2.24) is 4.90 Å². The van der Waals surface area contributed by atoms with Crippen LogP contribution in [0.3, 0.4) is 0 Å². The van der Waals surface area contributed by atoms with Crippen LogP contribution in [0.1, 0.15) is 43.4 Å². The van der Waals surface area contributed by atoms with Crippen molar-refractivity contribution < 1.29 is 4.79 Å². The second kappa shape index (κ2) is 6.06. The maximum absolute atomic E-state index is 12.4. The SMILES string of the molecule is CC(N)c1ccc2c(c1)CCCN2CC(=O)N1CCCC1. The number of likely N-dealkylation sites (tertiary alicyclic amines) is 1. The van der Waals surface area contributed by atoms with Gasteiger partial charge in [0, 0.05) is 31.4 Å². The number of hydrogen-bond donors (Lipinski definition) is 1. The van der Waals surface area contributed by atoms with Crippen LogP contribution < -0.4 is 10.6 Å². The van der Waals surface area contributed by atoms with Gasteiger partial charge in [0.15, 0.2) is 0 Å². The number of nitrogens with zero attached hydrogens (tertiary/aromatic N) is 2. The second-order valence-electron chi connectivity index (χ2n) is 6.29. The van der Waals surface area contributed by atoms with Gasteiger partial charge >= 0.3 is 0 Å². The van der Waals surface area contributed by atoms with Crippen LogP contribution in [0.4, 0.5) is 5.69 Å². The zero-order valence-corrected chi connectivity index (χ0v) is 12.8. The Kier molecular flexibility index (Phi) is 4.15. The summed E-state index contributed by atoms with van der Waals surface area (Å²) in [5, 5.41) is 0. The molecule has 1 unspecified atom stereocenters. The van der Waals surface area contributed by atoms with E-state index in [1.54, 1.807) is 0 Å². The summed E-state index contributed by atoms with van der Waals surface area (Å²) in [5.41, 5.74) is 9.71. The molecule has 2 N–H and O–H groups in total. The Hall–Kier alpha value is -1.55. The van der Waals surface area contributed by atoms with E-state index in [-0.39, 0.29) is 11.9 Å². The first-order valence-electron chi connectivity index (χ1n) is 8.06. The predicted octanol–water partition coefficient (Wildman–Crippen LogP) is 2.08. The number of nitrogens with two attached hydrogens (primary N) is 1. The number of carbonyl (C=O) groups excluding carboxylic acids is 1. The number of anilines is 1. The minimum atomic E-state index is 0.0666. The van der Waals surface area contributed by atoms with E-state index < -0.39 is 0 Å². The van der Waals surface area contributed by atoms with Crippen molar-refractivity contribution in [3.05, 3.63) is 29.3 Å². The van der Waals surface area contributed by atoms with Gasteiger partial charge in [0.2, 0.25) is 5.91 Å². The molecule has 0 saturated carbocycles. The van der Waals surface area contributed by atoms with Crippen LogP contribution in [0.5, 0.6) is 0 Å². The van der Waals surface area contributed by atoms with Gasteiger partial charge in [-0.25, -0.2) is 0 Å². The third-order valence-corrected chi connectivity index (χ3v) is 4.63. The van der Waals surface area contributed by atoms with Gasteiger partial charge in [-0.3, -0.25) is 4.79 Å². The predicted molar refractivity (Wildman–Crippen MR) is 85.4 cm³/mol. The fourth-order valence-electron chi connectivity index (χ4n) is 3.37. The minimum Gasteiger partial charge on any atom is -0.362 e. The first kappa shape index (κ1) is 14.4. The highest BCUT2D eigenvalue weighted by molar-refractivity contribution is 5.82. The standard InChI is InChI=1S/C17H25N3O/c1-13(18)14-6-7-16-15(11-14)5-4-10-20(16)12-17(21)19-8-2-3-9-19/h6-7,11,13H,2-5,8-10,12,18H2,1H3. The van der Waals surface area contributed by atoms with Crippen molar-refractivity contribution in [3.63, 3.8) is 0 Å². The van der Waals surface area contributed by atoms with Gasteiger partial charge in [0.25, 0.3) is 0 Å². The zero-order valence-electron chi connectivity index (χ0n) is 12.8.